The van der Waals surface area contributed by atoms with Crippen LogP contribution < -0.4 is 0 Å². The van der Waals surface area contributed by atoms with Crippen molar-refractivity contribution < 1.29 is 14.6 Å². The van der Waals surface area contributed by atoms with Crippen molar-refractivity contribution in [1.29, 1.82) is 0 Å². The van der Waals surface area contributed by atoms with E-state index in [1.54, 1.807) is 0 Å². The fourth-order valence-corrected chi connectivity index (χ4v) is 6.75. The van der Waals surface area contributed by atoms with Crippen molar-refractivity contribution >= 4 is 0 Å². The number of fused-ring (bicyclic) bond motifs is 5. The molecule has 0 bridgehead atoms. The highest BCUT2D eigenvalue weighted by atomic mass is 16.7. The van der Waals surface area contributed by atoms with E-state index in [0.717, 1.165) is 31.3 Å². The van der Waals surface area contributed by atoms with Crippen LogP contribution in [0.5, 0.6) is 5.75 Å². The first-order valence-electron chi connectivity index (χ1n) is 10.7. The highest BCUT2D eigenvalue weighted by molar-refractivity contribution is 5.40. The van der Waals surface area contributed by atoms with E-state index in [1.807, 2.05) is 12.1 Å². The molecule has 3 nitrogen and oxygen atoms in total. The summed E-state index contributed by atoms with van der Waals surface area (Å²) in [5.74, 6) is 2.66. The number of ether oxygens (including phenoxy) is 2. The number of hydrogen-bond donors (Lipinski definition) is 1. The summed E-state index contributed by atoms with van der Waals surface area (Å²) in [5, 5.41) is 9.84. The summed E-state index contributed by atoms with van der Waals surface area (Å²) in [6.07, 6.45) is 11.3. The SMILES string of the molecule is C[C@]12CC[C@@H]3c4ccc(O)cc4CC[C@@H]3[C@@H]1CC[C@@H]2O[C@@H]1CCCCO1. The molecule has 26 heavy (non-hydrogen) atoms. The van der Waals surface area contributed by atoms with E-state index < -0.39 is 0 Å². The minimum Gasteiger partial charge on any atom is -0.508 e. The van der Waals surface area contributed by atoms with Gasteiger partial charge in [-0.25, -0.2) is 0 Å². The molecular weight excluding hydrogens is 324 g/mol. The number of benzene rings is 1. The summed E-state index contributed by atoms with van der Waals surface area (Å²) in [7, 11) is 0. The van der Waals surface area contributed by atoms with Crippen molar-refractivity contribution in [3.63, 3.8) is 0 Å². The lowest BCUT2D eigenvalue weighted by atomic mass is 9.55. The van der Waals surface area contributed by atoms with Crippen molar-refractivity contribution in [2.75, 3.05) is 6.61 Å². The molecular formula is C23H32O3. The monoisotopic (exact) mass is 356 g/mol. The zero-order valence-electron chi connectivity index (χ0n) is 16.0. The molecule has 0 amide bonds. The topological polar surface area (TPSA) is 38.7 Å². The number of hydrogen-bond acceptors (Lipinski definition) is 3. The highest BCUT2D eigenvalue weighted by Gasteiger charge is 2.55. The molecule has 1 aliphatic heterocycles. The molecule has 142 valence electrons. The first-order valence-corrected chi connectivity index (χ1v) is 10.7. The average Bonchev–Trinajstić information content (AvgIpc) is 2.98. The standard InChI is InChI=1S/C23H32O3/c1-23-12-11-18-17-8-6-16(24)14-15(17)5-7-19(18)20(23)9-10-21(23)26-22-4-2-3-13-25-22/h6,8,14,18-22,24H,2-5,7,9-13H2,1H3/t18-,19+,20+,21+,22-,23+/m1/s1. The van der Waals surface area contributed by atoms with Crippen molar-refractivity contribution in [3.8, 4) is 5.75 Å². The van der Waals surface area contributed by atoms with Gasteiger partial charge in [0.25, 0.3) is 0 Å². The van der Waals surface area contributed by atoms with Crippen molar-refractivity contribution in [2.24, 2.45) is 17.3 Å². The molecule has 2 saturated carbocycles. The Kier molecular flexibility index (Phi) is 4.28. The molecule has 0 spiro atoms. The maximum Gasteiger partial charge on any atom is 0.157 e. The van der Waals surface area contributed by atoms with Crippen molar-refractivity contribution in [2.45, 2.75) is 83.0 Å². The van der Waals surface area contributed by atoms with Gasteiger partial charge in [0.15, 0.2) is 6.29 Å². The molecule has 0 aromatic heterocycles. The zero-order valence-corrected chi connectivity index (χ0v) is 16.0. The second-order valence-corrected chi connectivity index (χ2v) is 9.34. The molecule has 1 saturated heterocycles. The van der Waals surface area contributed by atoms with Gasteiger partial charge in [-0.2, -0.15) is 0 Å². The number of phenolic OH excluding ortho intramolecular Hbond substituents is 1. The predicted octanol–water partition coefficient (Wildman–Crippen LogP) is 5.16. The van der Waals surface area contributed by atoms with Crippen LogP contribution in [-0.4, -0.2) is 24.1 Å². The molecule has 0 radical (unpaired) electrons. The Morgan fingerprint density at radius 3 is 2.88 bits per heavy atom. The van der Waals surface area contributed by atoms with Crippen LogP contribution in [0, 0.1) is 17.3 Å². The molecule has 5 rings (SSSR count). The zero-order chi connectivity index (χ0) is 17.7. The molecule has 1 N–H and O–H groups in total. The Bertz CT molecular complexity index is 665. The van der Waals surface area contributed by atoms with Gasteiger partial charge in [0, 0.05) is 6.61 Å². The average molecular weight is 357 g/mol. The van der Waals surface area contributed by atoms with Crippen LogP contribution in [-0.2, 0) is 15.9 Å². The van der Waals surface area contributed by atoms with Gasteiger partial charge >= 0.3 is 0 Å². The van der Waals surface area contributed by atoms with Gasteiger partial charge in [-0.3, -0.25) is 0 Å². The smallest absolute Gasteiger partial charge is 0.157 e. The van der Waals surface area contributed by atoms with Gasteiger partial charge in [-0.05, 0) is 104 Å². The summed E-state index contributed by atoms with van der Waals surface area (Å²) in [6, 6.07) is 6.08. The van der Waals surface area contributed by atoms with E-state index in [0.29, 0.717) is 23.2 Å². The maximum absolute atomic E-state index is 9.84. The van der Waals surface area contributed by atoms with Gasteiger partial charge in [0.05, 0.1) is 6.10 Å². The largest absolute Gasteiger partial charge is 0.508 e. The third-order valence-corrected chi connectivity index (χ3v) is 8.08. The van der Waals surface area contributed by atoms with Gasteiger partial charge in [-0.15, -0.1) is 0 Å². The second kappa shape index (κ2) is 6.53. The Labute approximate surface area is 157 Å². The van der Waals surface area contributed by atoms with E-state index in [1.165, 1.54) is 56.1 Å². The fourth-order valence-electron chi connectivity index (χ4n) is 6.75. The maximum atomic E-state index is 9.84. The summed E-state index contributed by atoms with van der Waals surface area (Å²) < 4.78 is 12.4. The van der Waals surface area contributed by atoms with Crippen LogP contribution in [0.15, 0.2) is 18.2 Å². The molecule has 1 aromatic carbocycles. The number of rotatable bonds is 2. The van der Waals surface area contributed by atoms with Gasteiger partial charge in [0.1, 0.15) is 5.75 Å². The minimum absolute atomic E-state index is 0.0390. The van der Waals surface area contributed by atoms with E-state index >= 15 is 0 Å². The van der Waals surface area contributed by atoms with Crippen molar-refractivity contribution in [3.05, 3.63) is 29.3 Å². The van der Waals surface area contributed by atoms with Crippen LogP contribution in [0.2, 0.25) is 0 Å². The summed E-state index contributed by atoms with van der Waals surface area (Å²) >= 11 is 0. The summed E-state index contributed by atoms with van der Waals surface area (Å²) in [5.41, 5.74) is 3.22. The second-order valence-electron chi connectivity index (χ2n) is 9.34. The lowest BCUT2D eigenvalue weighted by molar-refractivity contribution is -0.212. The van der Waals surface area contributed by atoms with Gasteiger partial charge in [0.2, 0.25) is 0 Å². The molecule has 6 atom stereocenters. The lowest BCUT2D eigenvalue weighted by Crippen LogP contribution is -2.46. The van der Waals surface area contributed by atoms with Crippen LogP contribution >= 0.6 is 0 Å². The summed E-state index contributed by atoms with van der Waals surface area (Å²) in [4.78, 5) is 0. The van der Waals surface area contributed by atoms with E-state index in [4.69, 9.17) is 9.47 Å². The molecule has 3 fully saturated rings. The normalized spacial score (nSPS) is 42.0. The van der Waals surface area contributed by atoms with Crippen LogP contribution in [0.1, 0.15) is 75.3 Å². The Hall–Kier alpha value is -1.06. The van der Waals surface area contributed by atoms with E-state index in [2.05, 4.69) is 13.0 Å². The van der Waals surface area contributed by atoms with Crippen LogP contribution in [0.4, 0.5) is 0 Å². The first kappa shape index (κ1) is 17.1. The molecule has 0 unspecified atom stereocenters. The van der Waals surface area contributed by atoms with E-state index in [9.17, 15) is 5.11 Å². The summed E-state index contributed by atoms with van der Waals surface area (Å²) in [6.45, 7) is 3.37. The number of aromatic hydroxyl groups is 1. The van der Waals surface area contributed by atoms with Crippen LogP contribution in [0.3, 0.4) is 0 Å². The fraction of sp³-hybridized carbons (Fsp3) is 0.739. The minimum atomic E-state index is 0.0390. The van der Waals surface area contributed by atoms with Crippen LogP contribution in [0.25, 0.3) is 0 Å². The van der Waals surface area contributed by atoms with Gasteiger partial charge in [-0.1, -0.05) is 13.0 Å². The molecule has 1 aromatic rings. The predicted molar refractivity (Wildman–Crippen MR) is 101 cm³/mol. The number of phenols is 1. The molecule has 3 heteroatoms. The molecule has 1 heterocycles. The number of aryl methyl sites for hydroxylation is 1. The Balaban J connectivity index is 1.36. The third-order valence-electron chi connectivity index (χ3n) is 8.08. The first-order chi connectivity index (χ1) is 12.6. The Morgan fingerprint density at radius 2 is 2.04 bits per heavy atom. The lowest BCUT2D eigenvalue weighted by Gasteiger charge is -2.51. The van der Waals surface area contributed by atoms with Crippen molar-refractivity contribution in [1.82, 2.24) is 0 Å². The molecule has 4 aliphatic rings. The molecule has 3 aliphatic carbocycles. The third kappa shape index (κ3) is 2.70. The highest BCUT2D eigenvalue weighted by Crippen LogP contribution is 2.61. The quantitative estimate of drug-likeness (QED) is 0.795. The van der Waals surface area contributed by atoms with Gasteiger partial charge < -0.3 is 14.6 Å². The Morgan fingerprint density at radius 1 is 1.12 bits per heavy atom. The van der Waals surface area contributed by atoms with E-state index in [-0.39, 0.29) is 6.29 Å².